The number of hydrogen-bond acceptors (Lipinski definition) is 5. The molecule has 0 saturated heterocycles. The molecule has 1 amide bonds. The molecule has 0 aliphatic carbocycles. The van der Waals surface area contributed by atoms with E-state index in [4.69, 9.17) is 9.47 Å². The summed E-state index contributed by atoms with van der Waals surface area (Å²) in [5.41, 5.74) is 0.569. The fraction of sp³-hybridized carbons (Fsp3) is 0.278. The molecular formula is C18H18BrNO5S. The Hall–Kier alpha value is -2.06. The van der Waals surface area contributed by atoms with Gasteiger partial charge in [-0.1, -0.05) is 12.1 Å². The maximum Gasteiger partial charge on any atom is 0.257 e. The van der Waals surface area contributed by atoms with E-state index in [1.807, 2.05) is 0 Å². The van der Waals surface area contributed by atoms with Gasteiger partial charge in [-0.2, -0.15) is 0 Å². The average molecular weight is 440 g/mol. The molecule has 138 valence electrons. The van der Waals surface area contributed by atoms with E-state index in [2.05, 4.69) is 21.2 Å². The van der Waals surface area contributed by atoms with Crippen LogP contribution in [0.5, 0.6) is 11.5 Å². The van der Waals surface area contributed by atoms with Gasteiger partial charge in [-0.15, -0.1) is 0 Å². The number of sulfone groups is 1. The van der Waals surface area contributed by atoms with Crippen LogP contribution in [-0.4, -0.2) is 32.8 Å². The fourth-order valence-electron chi connectivity index (χ4n) is 2.51. The molecule has 2 aromatic rings. The Balaban J connectivity index is 1.95. The Bertz CT molecular complexity index is 956. The summed E-state index contributed by atoms with van der Waals surface area (Å²) in [4.78, 5) is 12.8. The number of rotatable bonds is 4. The van der Waals surface area contributed by atoms with Crippen LogP contribution in [-0.2, 0) is 9.84 Å². The van der Waals surface area contributed by atoms with E-state index in [9.17, 15) is 13.2 Å². The monoisotopic (exact) mass is 439 g/mol. The number of anilines is 1. The standard InChI is InChI=1S/C18H18BrNO5S/c1-11(2)26(22,23)17-6-4-3-5-12(17)18(21)20-14-10-16-15(9-13(14)19)24-7-8-25-16/h3-6,9-11H,7-8H2,1-2H3,(H,20,21). The molecule has 3 rings (SSSR count). The molecule has 1 aliphatic rings. The van der Waals surface area contributed by atoms with Gasteiger partial charge in [-0.25, -0.2) is 8.42 Å². The van der Waals surface area contributed by atoms with Crippen molar-refractivity contribution >= 4 is 37.4 Å². The van der Waals surface area contributed by atoms with Gasteiger partial charge in [0.25, 0.3) is 5.91 Å². The van der Waals surface area contributed by atoms with E-state index in [1.165, 1.54) is 12.1 Å². The molecule has 2 aromatic carbocycles. The summed E-state index contributed by atoms with van der Waals surface area (Å²) >= 11 is 3.39. The second-order valence-corrected chi connectivity index (χ2v) is 9.35. The van der Waals surface area contributed by atoms with Crippen LogP contribution in [0.2, 0.25) is 0 Å². The molecule has 0 aromatic heterocycles. The highest BCUT2D eigenvalue weighted by atomic mass is 79.9. The van der Waals surface area contributed by atoms with Gasteiger partial charge < -0.3 is 14.8 Å². The lowest BCUT2D eigenvalue weighted by molar-refractivity contribution is 0.102. The van der Waals surface area contributed by atoms with E-state index in [0.29, 0.717) is 34.9 Å². The van der Waals surface area contributed by atoms with Crippen molar-refractivity contribution in [1.29, 1.82) is 0 Å². The van der Waals surface area contributed by atoms with Gasteiger partial charge in [-0.05, 0) is 41.9 Å². The van der Waals surface area contributed by atoms with E-state index >= 15 is 0 Å². The quantitative estimate of drug-likeness (QED) is 0.785. The Morgan fingerprint density at radius 2 is 1.73 bits per heavy atom. The summed E-state index contributed by atoms with van der Waals surface area (Å²) in [7, 11) is -3.59. The van der Waals surface area contributed by atoms with Crippen molar-refractivity contribution in [2.24, 2.45) is 0 Å². The Kier molecular flexibility index (Phi) is 5.24. The number of benzene rings is 2. The highest BCUT2D eigenvalue weighted by Gasteiger charge is 2.26. The minimum Gasteiger partial charge on any atom is -0.486 e. The summed E-state index contributed by atoms with van der Waals surface area (Å²) < 4.78 is 36.7. The third-order valence-corrected chi connectivity index (χ3v) is 6.81. The van der Waals surface area contributed by atoms with Crippen LogP contribution in [0.15, 0.2) is 45.8 Å². The van der Waals surface area contributed by atoms with Gasteiger partial charge in [0.2, 0.25) is 0 Å². The Morgan fingerprint density at radius 3 is 2.38 bits per heavy atom. The van der Waals surface area contributed by atoms with Gasteiger partial charge in [-0.3, -0.25) is 4.79 Å². The van der Waals surface area contributed by atoms with Crippen molar-refractivity contribution in [3.63, 3.8) is 0 Å². The first-order valence-corrected chi connectivity index (χ1v) is 10.4. The van der Waals surface area contributed by atoms with Crippen molar-refractivity contribution in [3.8, 4) is 11.5 Å². The second-order valence-electron chi connectivity index (χ2n) is 6.02. The van der Waals surface area contributed by atoms with Crippen molar-refractivity contribution in [2.45, 2.75) is 24.0 Å². The van der Waals surface area contributed by atoms with Crippen LogP contribution < -0.4 is 14.8 Å². The third-order valence-electron chi connectivity index (χ3n) is 3.94. The van der Waals surface area contributed by atoms with Gasteiger partial charge in [0.1, 0.15) is 13.2 Å². The van der Waals surface area contributed by atoms with Crippen LogP contribution in [0.25, 0.3) is 0 Å². The van der Waals surface area contributed by atoms with Crippen LogP contribution in [0.1, 0.15) is 24.2 Å². The second kappa shape index (κ2) is 7.28. The van der Waals surface area contributed by atoms with Crippen LogP contribution in [0.4, 0.5) is 5.69 Å². The summed E-state index contributed by atoms with van der Waals surface area (Å²) in [6, 6.07) is 9.54. The molecule has 0 atom stereocenters. The predicted molar refractivity (Wildman–Crippen MR) is 102 cm³/mol. The molecular weight excluding hydrogens is 422 g/mol. The number of hydrogen-bond donors (Lipinski definition) is 1. The maximum atomic E-state index is 12.8. The summed E-state index contributed by atoms with van der Waals surface area (Å²) in [5, 5.41) is 2.11. The molecule has 0 saturated carbocycles. The van der Waals surface area contributed by atoms with E-state index < -0.39 is 21.0 Å². The molecule has 26 heavy (non-hydrogen) atoms. The van der Waals surface area contributed by atoms with Crippen molar-refractivity contribution in [3.05, 3.63) is 46.4 Å². The largest absolute Gasteiger partial charge is 0.486 e. The normalized spacial score (nSPS) is 13.5. The van der Waals surface area contributed by atoms with Crippen LogP contribution in [0, 0.1) is 0 Å². The SMILES string of the molecule is CC(C)S(=O)(=O)c1ccccc1C(=O)Nc1cc2c(cc1Br)OCCO2. The molecule has 0 spiro atoms. The maximum absolute atomic E-state index is 12.8. The van der Waals surface area contributed by atoms with Gasteiger partial charge in [0, 0.05) is 16.6 Å². The van der Waals surface area contributed by atoms with Crippen molar-refractivity contribution in [2.75, 3.05) is 18.5 Å². The minimum absolute atomic E-state index is 0.0150. The smallest absolute Gasteiger partial charge is 0.257 e. The highest BCUT2D eigenvalue weighted by molar-refractivity contribution is 9.10. The lowest BCUT2D eigenvalue weighted by Gasteiger charge is -2.20. The topological polar surface area (TPSA) is 81.7 Å². The lowest BCUT2D eigenvalue weighted by atomic mass is 10.2. The first-order valence-electron chi connectivity index (χ1n) is 8.04. The summed E-state index contributed by atoms with van der Waals surface area (Å²) in [6.07, 6.45) is 0. The molecule has 0 bridgehead atoms. The zero-order valence-electron chi connectivity index (χ0n) is 14.3. The molecule has 1 N–H and O–H groups in total. The number of ether oxygens (including phenoxy) is 2. The fourth-order valence-corrected chi connectivity index (χ4v) is 4.17. The zero-order valence-corrected chi connectivity index (χ0v) is 16.7. The van der Waals surface area contributed by atoms with Gasteiger partial charge in [0.05, 0.1) is 21.4 Å². The number of fused-ring (bicyclic) bond motifs is 1. The minimum atomic E-state index is -3.59. The van der Waals surface area contributed by atoms with Crippen molar-refractivity contribution < 1.29 is 22.7 Å². The van der Waals surface area contributed by atoms with E-state index in [0.717, 1.165) is 0 Å². The Labute approximate surface area is 160 Å². The highest BCUT2D eigenvalue weighted by Crippen LogP contribution is 2.38. The molecule has 0 radical (unpaired) electrons. The number of nitrogens with one attached hydrogen (secondary N) is 1. The molecule has 0 unspecified atom stereocenters. The lowest BCUT2D eigenvalue weighted by Crippen LogP contribution is -2.21. The number of carbonyl (C=O) groups is 1. The van der Waals surface area contributed by atoms with E-state index in [-0.39, 0.29) is 10.5 Å². The average Bonchev–Trinajstić information content (AvgIpc) is 2.62. The van der Waals surface area contributed by atoms with Crippen LogP contribution >= 0.6 is 15.9 Å². The Morgan fingerprint density at radius 1 is 1.12 bits per heavy atom. The number of halogens is 1. The molecule has 6 nitrogen and oxygen atoms in total. The number of carbonyl (C=O) groups excluding carboxylic acids is 1. The third kappa shape index (κ3) is 3.57. The molecule has 1 heterocycles. The first kappa shape index (κ1) is 18.7. The zero-order chi connectivity index (χ0) is 18.9. The molecule has 0 fully saturated rings. The summed E-state index contributed by atoms with van der Waals surface area (Å²) in [6.45, 7) is 4.06. The van der Waals surface area contributed by atoms with Gasteiger partial charge in [0.15, 0.2) is 21.3 Å². The molecule has 1 aliphatic heterocycles. The van der Waals surface area contributed by atoms with Crippen LogP contribution in [0.3, 0.4) is 0 Å². The molecule has 8 heteroatoms. The summed E-state index contributed by atoms with van der Waals surface area (Å²) in [5.74, 6) is 0.601. The predicted octanol–water partition coefficient (Wildman–Crippen LogP) is 3.65. The van der Waals surface area contributed by atoms with E-state index in [1.54, 1.807) is 38.1 Å². The van der Waals surface area contributed by atoms with Gasteiger partial charge >= 0.3 is 0 Å². The van der Waals surface area contributed by atoms with Crippen molar-refractivity contribution in [1.82, 2.24) is 0 Å². The first-order chi connectivity index (χ1) is 12.3. The number of amides is 1.